The third-order valence-corrected chi connectivity index (χ3v) is 13.6. The number of primary amides is 1. The van der Waals surface area contributed by atoms with Gasteiger partial charge in [0, 0.05) is 49.8 Å². The highest BCUT2D eigenvalue weighted by Gasteiger charge is 2.64. The van der Waals surface area contributed by atoms with E-state index in [2.05, 4.69) is 25.6 Å². The van der Waals surface area contributed by atoms with Gasteiger partial charge in [-0.1, -0.05) is 55.5 Å². The fraction of sp³-hybridized carbons (Fsp3) is 0.365. The van der Waals surface area contributed by atoms with E-state index in [1.165, 1.54) is 11.0 Å². The predicted octanol–water partition coefficient (Wildman–Crippen LogP) is 4.20. The van der Waals surface area contributed by atoms with Crippen molar-refractivity contribution in [3.05, 3.63) is 134 Å². The second kappa shape index (κ2) is 20.0. The number of anilines is 1. The smallest absolute Gasteiger partial charge is 0.508 e. The number of phenolic OH excluding ortho intramolecular Hbond substituents is 1. The molecule has 0 unspecified atom stereocenters. The second-order valence-corrected chi connectivity index (χ2v) is 19.4. The molecule has 3 aliphatic carbocycles. The van der Waals surface area contributed by atoms with Gasteiger partial charge in [-0.2, -0.15) is 5.21 Å². The van der Waals surface area contributed by atoms with E-state index >= 15 is 0 Å². The number of Topliss-reactive ketones (excluding diaryl/α,β-unsaturated/α-hetero) is 2. The van der Waals surface area contributed by atoms with Crippen molar-refractivity contribution in [3.8, 4) is 28.3 Å². The summed E-state index contributed by atoms with van der Waals surface area (Å²) in [4.78, 5) is 71.5. The first-order valence-electron chi connectivity index (χ1n) is 23.7. The molecule has 4 atom stereocenters. The van der Waals surface area contributed by atoms with Gasteiger partial charge in [-0.3, -0.25) is 19.3 Å². The fourth-order valence-corrected chi connectivity index (χ4v) is 10.2. The number of aromatic hydroxyl groups is 1. The molecule has 1 fully saturated rings. The van der Waals surface area contributed by atoms with Gasteiger partial charge in [0.25, 0.3) is 5.91 Å². The Kier molecular flexibility index (Phi) is 14.1. The number of ether oxygens (including phenoxy) is 1. The lowest BCUT2D eigenvalue weighted by atomic mass is 9.57. The number of phenols is 1. The number of hydrogen-bond donors (Lipinski definition) is 7. The largest absolute Gasteiger partial charge is 0.519 e. The van der Waals surface area contributed by atoms with Crippen molar-refractivity contribution in [1.82, 2.24) is 35.1 Å². The molecule has 22 heteroatoms. The normalized spacial score (nSPS) is 19.4. The van der Waals surface area contributed by atoms with E-state index in [4.69, 9.17) is 19.3 Å². The van der Waals surface area contributed by atoms with E-state index < -0.39 is 75.4 Å². The molecular weight excluding hydrogens is 959 g/mol. The zero-order chi connectivity index (χ0) is 53.7. The number of likely N-dealkylation sites (N-methyl/N-ethyl adjacent to an activating group) is 1. The van der Waals surface area contributed by atoms with Gasteiger partial charge in [-0.25, -0.2) is 14.6 Å². The van der Waals surface area contributed by atoms with Crippen LogP contribution in [0.5, 0.6) is 5.75 Å². The van der Waals surface area contributed by atoms with Crippen molar-refractivity contribution in [2.24, 2.45) is 17.6 Å². The second-order valence-electron chi connectivity index (χ2n) is 19.4. The quantitative estimate of drug-likeness (QED) is 0.0629. The Morgan fingerprint density at radius 2 is 1.68 bits per heavy atom. The number of imidazole rings is 1. The Bertz CT molecular complexity index is 3300. The maximum Gasteiger partial charge on any atom is 0.519 e. The predicted molar refractivity (Wildman–Crippen MR) is 265 cm³/mol. The van der Waals surface area contributed by atoms with E-state index in [-0.39, 0.29) is 59.2 Å². The summed E-state index contributed by atoms with van der Waals surface area (Å²) in [5, 5.41) is 69.2. The number of nitrogens with one attached hydrogen (secondary N) is 1. The number of nitrogens with zero attached hydrogens (tertiary/aromatic N) is 7. The number of ketones is 2. The molecule has 8 N–H and O–H groups in total. The number of nitrogens with two attached hydrogens (primary N) is 1. The maximum atomic E-state index is 13.7. The zero-order valence-electron chi connectivity index (χ0n) is 42.0. The monoisotopic (exact) mass is 1020 g/mol. The standard InChI is InChI=1S/C29H30N6O6.C23H27N3O7/c1-5-8-23-30-25(29(3,4)38)24(27(36)39-16-22-17(2)40-28(37)41-22)35(23)15-18-11-13-19(14-12-18)20-9-6-7-10-21(20)26-31-33-34-32-26;1-25(2)12-5-6-13(27)15-10(12)7-9-8-11-17(26(3)4)19(29)16(22(24)32)21(31)23(11,33)20(30)14(9)18(15)28/h6-7,9-14,38H,5,8,15-16H2,1-4H3,(H,31,32,33,34);5-6,9,11,17,27-28,31,33H,7-8H2,1-4H3,(H2,24,32)/t;9-,11-,17-,23-/m.0/s1. The molecule has 74 heavy (non-hydrogen) atoms. The molecule has 0 spiro atoms. The Morgan fingerprint density at radius 3 is 2.26 bits per heavy atom. The molecule has 3 aromatic heterocycles. The van der Waals surface area contributed by atoms with Gasteiger partial charge >= 0.3 is 11.8 Å². The number of aromatic amines is 1. The van der Waals surface area contributed by atoms with Crippen LogP contribution in [-0.4, -0.2) is 124 Å². The van der Waals surface area contributed by atoms with Crippen molar-refractivity contribution in [1.29, 1.82) is 0 Å². The molecule has 388 valence electrons. The molecule has 6 aromatic rings. The first-order chi connectivity index (χ1) is 35.0. The van der Waals surface area contributed by atoms with Crippen LogP contribution in [0.4, 0.5) is 5.69 Å². The van der Waals surface area contributed by atoms with Gasteiger partial charge in [0.15, 0.2) is 35.2 Å². The van der Waals surface area contributed by atoms with Gasteiger partial charge in [-0.15, -0.1) is 10.2 Å². The average Bonchev–Trinajstić information content (AvgIpc) is 4.09. The molecule has 22 nitrogen and oxygen atoms in total. The van der Waals surface area contributed by atoms with E-state index in [0.717, 1.165) is 34.4 Å². The van der Waals surface area contributed by atoms with Crippen molar-refractivity contribution in [3.63, 3.8) is 0 Å². The number of aliphatic hydroxyl groups is 4. The lowest BCUT2D eigenvalue weighted by Crippen LogP contribution is -2.65. The third-order valence-electron chi connectivity index (χ3n) is 13.6. The Hall–Kier alpha value is -8.21. The van der Waals surface area contributed by atoms with E-state index in [1.807, 2.05) is 74.4 Å². The number of hydrogen-bond acceptors (Lipinski definition) is 19. The van der Waals surface area contributed by atoms with Crippen LogP contribution >= 0.6 is 0 Å². The summed E-state index contributed by atoms with van der Waals surface area (Å²) in [6.07, 6.45) is 1.69. The van der Waals surface area contributed by atoms with E-state index in [0.29, 0.717) is 30.2 Å². The Labute approximate surface area is 423 Å². The molecule has 1 amide bonds. The van der Waals surface area contributed by atoms with Crippen LogP contribution in [0.25, 0.3) is 28.3 Å². The summed E-state index contributed by atoms with van der Waals surface area (Å²) in [5.41, 5.74) is 5.74. The fourth-order valence-electron chi connectivity index (χ4n) is 10.2. The number of H-pyrrole nitrogens is 1. The molecule has 3 aromatic carbocycles. The third kappa shape index (κ3) is 9.26. The van der Waals surface area contributed by atoms with Gasteiger partial charge in [0.1, 0.15) is 40.0 Å². The lowest BCUT2D eigenvalue weighted by Gasteiger charge is -2.50. The number of rotatable bonds is 13. The minimum atomic E-state index is -2.63. The van der Waals surface area contributed by atoms with Crippen LogP contribution in [0.3, 0.4) is 0 Å². The summed E-state index contributed by atoms with van der Waals surface area (Å²) in [7, 11) is 6.75. The average molecular weight is 1020 g/mol. The van der Waals surface area contributed by atoms with Crippen LogP contribution < -0.4 is 16.5 Å². The summed E-state index contributed by atoms with van der Waals surface area (Å²) in [6, 6.07) is 17.7. The van der Waals surface area contributed by atoms with Crippen molar-refractivity contribution in [2.45, 2.75) is 83.8 Å². The number of benzene rings is 3. The molecule has 1 saturated carbocycles. The molecule has 0 radical (unpaired) electrons. The number of carbonyl (C=O) groups is 4. The number of amides is 1. The first-order valence-corrected chi connectivity index (χ1v) is 23.7. The summed E-state index contributed by atoms with van der Waals surface area (Å²) >= 11 is 0. The minimum absolute atomic E-state index is 0.0638. The van der Waals surface area contributed by atoms with E-state index in [1.54, 1.807) is 45.5 Å². The SMILES string of the molecule is CCCc1nc(C(C)(C)O)c(C(=O)OCc2oc(=O)oc2C)n1Cc1ccc(-c2ccccc2-c2nn[nH]n2)cc1.CN(C)c1ccc(O)c2c1C[C@H]1C[C@H]3[C@H](N(C)C)C(=O)C(C(N)=O)=C(O)[C@@]3(O)C(=O)C1=C2O. The van der Waals surface area contributed by atoms with Crippen molar-refractivity contribution >= 4 is 34.9 Å². The number of carbonyl (C=O) groups excluding carboxylic acids is 4. The van der Waals surface area contributed by atoms with Crippen LogP contribution in [0.1, 0.15) is 83.8 Å². The zero-order valence-corrected chi connectivity index (χ0v) is 42.0. The number of fused-ring (bicyclic) bond motifs is 3. The molecule has 0 aliphatic heterocycles. The van der Waals surface area contributed by atoms with Crippen LogP contribution in [-0.2, 0) is 50.7 Å². The summed E-state index contributed by atoms with van der Waals surface area (Å²) in [5.74, 6) is -6.62. The first kappa shape index (κ1) is 52.1. The van der Waals surface area contributed by atoms with Crippen molar-refractivity contribution in [2.75, 3.05) is 33.1 Å². The highest BCUT2D eigenvalue weighted by atomic mass is 16.6. The number of aryl methyl sites for hydroxylation is 2. The molecule has 0 bridgehead atoms. The summed E-state index contributed by atoms with van der Waals surface area (Å²) < 4.78 is 17.1. The highest BCUT2D eigenvalue weighted by molar-refractivity contribution is 6.24. The number of aliphatic hydroxyl groups excluding tert-OH is 2. The summed E-state index contributed by atoms with van der Waals surface area (Å²) in [6.45, 7) is 6.72. The van der Waals surface area contributed by atoms with Crippen LogP contribution in [0.2, 0.25) is 0 Å². The van der Waals surface area contributed by atoms with Crippen LogP contribution in [0.15, 0.2) is 91.2 Å². The molecular formula is C52H57N9O13. The number of tetrazole rings is 1. The highest BCUT2D eigenvalue weighted by Crippen LogP contribution is 2.53. The van der Waals surface area contributed by atoms with Gasteiger partial charge in [0.2, 0.25) is 11.6 Å². The molecule has 3 aliphatic rings. The van der Waals surface area contributed by atoms with Crippen molar-refractivity contribution < 1.29 is 58.3 Å². The number of esters is 1. The van der Waals surface area contributed by atoms with Gasteiger partial charge < -0.3 is 54.3 Å². The van der Waals surface area contributed by atoms with Gasteiger partial charge in [0.05, 0.1) is 11.6 Å². The topological polar surface area (TPSA) is 327 Å². The number of aromatic nitrogens is 6. The Balaban J connectivity index is 0.000000202. The molecule has 3 heterocycles. The molecule has 9 rings (SSSR count). The minimum Gasteiger partial charge on any atom is -0.508 e. The van der Waals surface area contributed by atoms with Crippen LogP contribution in [0, 0.1) is 18.8 Å². The van der Waals surface area contributed by atoms with E-state index in [9.17, 15) is 49.5 Å². The maximum absolute atomic E-state index is 13.7. The molecule has 0 saturated heterocycles. The van der Waals surface area contributed by atoms with Gasteiger partial charge in [-0.05, 0) is 99.6 Å². The Morgan fingerprint density at radius 1 is 0.986 bits per heavy atom. The lowest BCUT2D eigenvalue weighted by molar-refractivity contribution is -0.153.